The van der Waals surface area contributed by atoms with Crippen molar-refractivity contribution in [1.82, 2.24) is 16.0 Å². The zero-order valence-corrected chi connectivity index (χ0v) is 17.8. The molecule has 3 N–H and O–H groups in total. The van der Waals surface area contributed by atoms with Crippen molar-refractivity contribution in [1.29, 1.82) is 0 Å². The minimum absolute atomic E-state index is 0.151. The van der Waals surface area contributed by atoms with Crippen molar-refractivity contribution >= 4 is 11.9 Å². The average molecular weight is 389 g/mol. The molecule has 0 aromatic heterocycles. The molecular weight excluding hydrogens is 352 g/mol. The summed E-state index contributed by atoms with van der Waals surface area (Å²) in [6.07, 6.45) is 4.74. The number of nitrogens with one attached hydrogen (secondary N) is 3. The summed E-state index contributed by atoms with van der Waals surface area (Å²) in [5.74, 6) is 1.82. The maximum atomic E-state index is 11.8. The summed E-state index contributed by atoms with van der Waals surface area (Å²) < 4.78 is 6.07. The quantitative estimate of drug-likeness (QED) is 0.309. The molecule has 1 saturated carbocycles. The van der Waals surface area contributed by atoms with E-state index in [9.17, 15) is 4.79 Å². The highest BCUT2D eigenvalue weighted by atomic mass is 16.5. The molecule has 2 rings (SSSR count). The Morgan fingerprint density at radius 2 is 2.07 bits per heavy atom. The summed E-state index contributed by atoms with van der Waals surface area (Å²) in [6.45, 7) is 10.4. The summed E-state index contributed by atoms with van der Waals surface area (Å²) in [5, 5.41) is 9.60. The number of hydrogen-bond donors (Lipinski definition) is 3. The van der Waals surface area contributed by atoms with E-state index in [1.807, 2.05) is 6.92 Å². The first-order valence-electron chi connectivity index (χ1n) is 10.6. The molecule has 0 radical (unpaired) electrons. The number of aryl methyl sites for hydroxylation is 1. The average Bonchev–Trinajstić information content (AvgIpc) is 3.48. The molecule has 6 nitrogen and oxygen atoms in total. The third-order valence-corrected chi connectivity index (χ3v) is 4.69. The van der Waals surface area contributed by atoms with Crippen LogP contribution in [-0.2, 0) is 11.3 Å². The van der Waals surface area contributed by atoms with E-state index in [4.69, 9.17) is 9.73 Å². The number of guanidine groups is 1. The van der Waals surface area contributed by atoms with Crippen LogP contribution in [0.25, 0.3) is 0 Å². The van der Waals surface area contributed by atoms with E-state index < -0.39 is 0 Å². The van der Waals surface area contributed by atoms with Gasteiger partial charge in [-0.05, 0) is 58.1 Å². The lowest BCUT2D eigenvalue weighted by Gasteiger charge is -2.17. The first-order valence-corrected chi connectivity index (χ1v) is 10.6. The fourth-order valence-electron chi connectivity index (χ4n) is 2.69. The summed E-state index contributed by atoms with van der Waals surface area (Å²) in [7, 11) is 0. The van der Waals surface area contributed by atoms with Crippen LogP contribution in [-0.4, -0.2) is 37.1 Å². The number of carbonyl (C=O) groups is 1. The lowest BCUT2D eigenvalue weighted by Crippen LogP contribution is -2.38. The Kier molecular flexibility index (Phi) is 9.11. The van der Waals surface area contributed by atoms with E-state index in [-0.39, 0.29) is 12.0 Å². The van der Waals surface area contributed by atoms with E-state index >= 15 is 0 Å². The van der Waals surface area contributed by atoms with Crippen LogP contribution in [0.2, 0.25) is 0 Å². The zero-order chi connectivity index (χ0) is 20.4. The smallest absolute Gasteiger partial charge is 0.220 e. The molecule has 1 aromatic carbocycles. The van der Waals surface area contributed by atoms with Gasteiger partial charge in [-0.25, -0.2) is 4.99 Å². The minimum atomic E-state index is 0.151. The van der Waals surface area contributed by atoms with Crippen LogP contribution in [0.15, 0.2) is 23.2 Å². The first-order chi connectivity index (χ1) is 13.5. The molecule has 1 aliphatic rings. The van der Waals surface area contributed by atoms with E-state index in [1.165, 1.54) is 5.56 Å². The third-order valence-electron chi connectivity index (χ3n) is 4.69. The second-order valence-corrected chi connectivity index (χ2v) is 7.52. The molecule has 156 valence electrons. The predicted molar refractivity (Wildman–Crippen MR) is 115 cm³/mol. The number of nitrogens with zero attached hydrogens (tertiary/aromatic N) is 1. The summed E-state index contributed by atoms with van der Waals surface area (Å²) in [4.78, 5) is 16.4. The Morgan fingerprint density at radius 3 is 2.75 bits per heavy atom. The number of rotatable bonds is 11. The summed E-state index contributed by atoms with van der Waals surface area (Å²) in [5.41, 5.74) is 2.26. The molecule has 0 heterocycles. The Labute approximate surface area is 169 Å². The fraction of sp³-hybridized carbons (Fsp3) is 0.636. The highest BCUT2D eigenvalue weighted by Crippen LogP contribution is 2.23. The Bertz CT molecular complexity index is 656. The van der Waals surface area contributed by atoms with Gasteiger partial charge in [-0.3, -0.25) is 4.79 Å². The standard InChI is InChI=1S/C22H36N4O2/c1-5-17(4)28-20-14-16(3)9-10-18(20)15-25-22(23-6-2)24-13-7-8-21(27)26-19-11-12-19/h9-10,14,17,19H,5-8,11-13,15H2,1-4H3,(H,26,27)(H2,23,24,25). The van der Waals surface area contributed by atoms with Crippen molar-refractivity contribution in [2.45, 2.75) is 78.5 Å². The van der Waals surface area contributed by atoms with Crippen molar-refractivity contribution in [3.8, 4) is 5.75 Å². The molecule has 0 aliphatic heterocycles. The molecule has 1 fully saturated rings. The van der Waals surface area contributed by atoms with Crippen molar-refractivity contribution in [3.63, 3.8) is 0 Å². The van der Waals surface area contributed by atoms with Crippen LogP contribution in [0, 0.1) is 6.92 Å². The zero-order valence-electron chi connectivity index (χ0n) is 17.8. The number of aliphatic imine (C=N–C) groups is 1. The molecular formula is C22H36N4O2. The van der Waals surface area contributed by atoms with Gasteiger partial charge >= 0.3 is 0 Å². The van der Waals surface area contributed by atoms with Gasteiger partial charge in [-0.2, -0.15) is 0 Å². The van der Waals surface area contributed by atoms with Gasteiger partial charge in [-0.15, -0.1) is 0 Å². The Morgan fingerprint density at radius 1 is 1.29 bits per heavy atom. The number of carbonyl (C=O) groups excluding carboxylic acids is 1. The van der Waals surface area contributed by atoms with Gasteiger partial charge in [0, 0.05) is 31.1 Å². The molecule has 1 atom stereocenters. The Balaban J connectivity index is 1.87. The predicted octanol–water partition coefficient (Wildman–Crippen LogP) is 3.29. The van der Waals surface area contributed by atoms with E-state index in [0.717, 1.165) is 49.5 Å². The second kappa shape index (κ2) is 11.6. The van der Waals surface area contributed by atoms with Gasteiger partial charge in [-0.1, -0.05) is 19.1 Å². The third kappa shape index (κ3) is 8.19. The van der Waals surface area contributed by atoms with Crippen molar-refractivity contribution in [2.24, 2.45) is 4.99 Å². The van der Waals surface area contributed by atoms with Gasteiger partial charge in [0.2, 0.25) is 5.91 Å². The molecule has 1 unspecified atom stereocenters. The van der Waals surface area contributed by atoms with Gasteiger partial charge in [0.15, 0.2) is 5.96 Å². The highest BCUT2D eigenvalue weighted by Gasteiger charge is 2.22. The van der Waals surface area contributed by atoms with E-state index in [2.05, 4.69) is 54.9 Å². The van der Waals surface area contributed by atoms with Crippen molar-refractivity contribution in [2.75, 3.05) is 13.1 Å². The van der Waals surface area contributed by atoms with Gasteiger partial charge in [0.1, 0.15) is 5.75 Å². The van der Waals surface area contributed by atoms with Crippen LogP contribution >= 0.6 is 0 Å². The van der Waals surface area contributed by atoms with Gasteiger partial charge in [0.05, 0.1) is 12.6 Å². The van der Waals surface area contributed by atoms with Crippen molar-refractivity contribution in [3.05, 3.63) is 29.3 Å². The van der Waals surface area contributed by atoms with E-state index in [0.29, 0.717) is 25.6 Å². The van der Waals surface area contributed by atoms with Crippen LogP contribution in [0.4, 0.5) is 0 Å². The largest absolute Gasteiger partial charge is 0.490 e. The summed E-state index contributed by atoms with van der Waals surface area (Å²) >= 11 is 0. The fourth-order valence-corrected chi connectivity index (χ4v) is 2.69. The number of benzene rings is 1. The number of amides is 1. The van der Waals surface area contributed by atoms with Crippen LogP contribution in [0.3, 0.4) is 0 Å². The van der Waals surface area contributed by atoms with Crippen LogP contribution in [0.1, 0.15) is 64.0 Å². The second-order valence-electron chi connectivity index (χ2n) is 7.52. The minimum Gasteiger partial charge on any atom is -0.490 e. The van der Waals surface area contributed by atoms with Crippen LogP contribution < -0.4 is 20.7 Å². The molecule has 1 amide bonds. The normalized spacial score (nSPS) is 15.1. The lowest BCUT2D eigenvalue weighted by molar-refractivity contribution is -0.121. The topological polar surface area (TPSA) is 74.8 Å². The molecule has 1 aromatic rings. The SMILES string of the molecule is CCNC(=NCc1ccc(C)cc1OC(C)CC)NCCCC(=O)NC1CC1. The maximum Gasteiger partial charge on any atom is 0.220 e. The molecule has 28 heavy (non-hydrogen) atoms. The molecule has 0 bridgehead atoms. The number of ether oxygens (including phenoxy) is 1. The molecule has 1 aliphatic carbocycles. The lowest BCUT2D eigenvalue weighted by atomic mass is 10.1. The van der Waals surface area contributed by atoms with Gasteiger partial charge < -0.3 is 20.7 Å². The maximum absolute atomic E-state index is 11.8. The summed E-state index contributed by atoms with van der Waals surface area (Å²) in [6, 6.07) is 6.69. The Hall–Kier alpha value is -2.24. The van der Waals surface area contributed by atoms with Crippen molar-refractivity contribution < 1.29 is 9.53 Å². The monoisotopic (exact) mass is 388 g/mol. The molecule has 6 heteroatoms. The van der Waals surface area contributed by atoms with Gasteiger partial charge in [0.25, 0.3) is 0 Å². The van der Waals surface area contributed by atoms with E-state index in [1.54, 1.807) is 0 Å². The van der Waals surface area contributed by atoms with Crippen LogP contribution in [0.5, 0.6) is 5.75 Å². The highest BCUT2D eigenvalue weighted by molar-refractivity contribution is 5.80. The number of hydrogen-bond acceptors (Lipinski definition) is 3. The molecule has 0 saturated heterocycles. The first kappa shape index (κ1) is 22.1. The molecule has 0 spiro atoms.